The summed E-state index contributed by atoms with van der Waals surface area (Å²) in [6.07, 6.45) is 6.60. The standard InChI is InChI=1S/C11H17I2O2/c1-8-2-3-9(6-14-8)13-10-4-5-11(12)15-7-10/h4,8-9,11H,2-3,5-7H2,1H3/q-1. The zero-order valence-electron chi connectivity index (χ0n) is 8.92. The van der Waals surface area contributed by atoms with Crippen molar-refractivity contribution in [3.05, 3.63) is 9.66 Å². The number of alkyl halides is 2. The minimum absolute atomic E-state index is 0.151. The summed E-state index contributed by atoms with van der Waals surface area (Å²) in [5.74, 6) is 0. The van der Waals surface area contributed by atoms with Crippen molar-refractivity contribution in [2.75, 3.05) is 13.2 Å². The molecule has 0 saturated carbocycles. The van der Waals surface area contributed by atoms with E-state index in [1.165, 1.54) is 12.8 Å². The van der Waals surface area contributed by atoms with Gasteiger partial charge in [0.25, 0.3) is 0 Å². The summed E-state index contributed by atoms with van der Waals surface area (Å²) < 4.78 is 14.2. The second kappa shape index (κ2) is 6.16. The van der Waals surface area contributed by atoms with Gasteiger partial charge in [0.15, 0.2) is 0 Å². The van der Waals surface area contributed by atoms with Crippen LogP contribution in [0.15, 0.2) is 9.66 Å². The van der Waals surface area contributed by atoms with Crippen molar-refractivity contribution >= 4 is 22.6 Å². The number of hydrogen-bond donors (Lipinski definition) is 0. The summed E-state index contributed by atoms with van der Waals surface area (Å²) in [6, 6.07) is 0. The first-order valence-corrected chi connectivity index (χ1v) is 9.01. The van der Waals surface area contributed by atoms with E-state index >= 15 is 0 Å². The zero-order chi connectivity index (χ0) is 10.7. The van der Waals surface area contributed by atoms with Gasteiger partial charge in [-0.2, -0.15) is 0 Å². The van der Waals surface area contributed by atoms with Gasteiger partial charge in [0.05, 0.1) is 0 Å². The molecule has 2 nitrogen and oxygen atoms in total. The molecule has 0 amide bonds. The van der Waals surface area contributed by atoms with Crippen LogP contribution in [0.4, 0.5) is 0 Å². The van der Waals surface area contributed by atoms with E-state index in [0.29, 0.717) is 10.2 Å². The van der Waals surface area contributed by atoms with Crippen molar-refractivity contribution < 1.29 is 30.7 Å². The molecule has 0 aromatic rings. The molecule has 0 aromatic heterocycles. The number of halogens is 2. The summed E-state index contributed by atoms with van der Waals surface area (Å²) in [6.45, 7) is 4.05. The molecule has 3 atom stereocenters. The maximum absolute atomic E-state index is 5.71. The summed E-state index contributed by atoms with van der Waals surface area (Å²) in [5.41, 5.74) is 0. The van der Waals surface area contributed by atoms with Crippen LogP contribution in [0, 0.1) is 0 Å². The van der Waals surface area contributed by atoms with Crippen LogP contribution in [0.2, 0.25) is 0 Å². The Kier molecular flexibility index (Phi) is 5.16. The Balaban J connectivity index is 1.77. The van der Waals surface area contributed by atoms with Crippen LogP contribution in [-0.4, -0.2) is 27.4 Å². The van der Waals surface area contributed by atoms with E-state index in [9.17, 15) is 0 Å². The monoisotopic (exact) mass is 435 g/mol. The van der Waals surface area contributed by atoms with Gasteiger partial charge in [-0.1, -0.05) is 0 Å². The molecule has 0 radical (unpaired) electrons. The molecule has 15 heavy (non-hydrogen) atoms. The second-order valence-corrected chi connectivity index (χ2v) is 9.19. The Morgan fingerprint density at radius 2 is 2.27 bits per heavy atom. The Hall–Kier alpha value is 1.12. The van der Waals surface area contributed by atoms with Crippen molar-refractivity contribution in [1.29, 1.82) is 0 Å². The third-order valence-electron chi connectivity index (χ3n) is 2.67. The fraction of sp³-hybridized carbons (Fsp3) is 0.818. The van der Waals surface area contributed by atoms with Gasteiger partial charge in [0.2, 0.25) is 0 Å². The molecule has 1 fully saturated rings. The third kappa shape index (κ3) is 4.12. The van der Waals surface area contributed by atoms with Gasteiger partial charge >= 0.3 is 116 Å². The topological polar surface area (TPSA) is 18.5 Å². The Labute approximate surface area is 116 Å². The normalized spacial score (nSPS) is 37.7. The van der Waals surface area contributed by atoms with Crippen LogP contribution < -0.4 is 21.2 Å². The van der Waals surface area contributed by atoms with E-state index < -0.39 is 0 Å². The quantitative estimate of drug-likeness (QED) is 0.439. The molecule has 0 aliphatic carbocycles. The molecule has 88 valence electrons. The number of rotatable bonds is 2. The molecule has 0 spiro atoms. The molecule has 2 aliphatic heterocycles. The average Bonchev–Trinajstić information content (AvgIpc) is 2.25. The van der Waals surface area contributed by atoms with Crippen LogP contribution in [0.3, 0.4) is 0 Å². The van der Waals surface area contributed by atoms with Gasteiger partial charge in [-0.25, -0.2) is 0 Å². The molecular formula is C11H17I2O2-. The fourth-order valence-electron chi connectivity index (χ4n) is 1.73. The van der Waals surface area contributed by atoms with Crippen molar-refractivity contribution in [2.45, 2.75) is 40.3 Å². The Morgan fingerprint density at radius 3 is 2.87 bits per heavy atom. The van der Waals surface area contributed by atoms with E-state index in [-0.39, 0.29) is 21.2 Å². The minimum atomic E-state index is 0.151. The summed E-state index contributed by atoms with van der Waals surface area (Å²) >= 11 is 2.51. The first kappa shape index (κ1) is 12.6. The van der Waals surface area contributed by atoms with E-state index in [2.05, 4.69) is 35.6 Å². The van der Waals surface area contributed by atoms with Crippen LogP contribution in [-0.2, 0) is 9.47 Å². The molecule has 0 N–H and O–H groups in total. The average molecular weight is 435 g/mol. The van der Waals surface area contributed by atoms with Gasteiger partial charge in [-0.15, -0.1) is 0 Å². The Bertz CT molecular complexity index is 235. The fourth-order valence-corrected chi connectivity index (χ4v) is 5.22. The third-order valence-corrected chi connectivity index (χ3v) is 6.95. The number of ether oxygens (including phenoxy) is 2. The van der Waals surface area contributed by atoms with Crippen LogP contribution >= 0.6 is 22.6 Å². The van der Waals surface area contributed by atoms with Crippen LogP contribution in [0.5, 0.6) is 0 Å². The predicted molar refractivity (Wildman–Crippen MR) is 64.9 cm³/mol. The second-order valence-electron chi connectivity index (χ2n) is 4.04. The molecule has 3 unspecified atom stereocenters. The predicted octanol–water partition coefficient (Wildman–Crippen LogP) is -0.292. The molecule has 0 bridgehead atoms. The molecule has 1 saturated heterocycles. The van der Waals surface area contributed by atoms with Crippen molar-refractivity contribution in [3.8, 4) is 0 Å². The molecule has 2 aliphatic rings. The maximum atomic E-state index is 5.71. The summed E-state index contributed by atoms with van der Waals surface area (Å²) in [4.78, 5) is 0. The van der Waals surface area contributed by atoms with E-state index in [1.54, 1.807) is 3.58 Å². The van der Waals surface area contributed by atoms with E-state index in [1.807, 2.05) is 0 Å². The molecular weight excluding hydrogens is 418 g/mol. The van der Waals surface area contributed by atoms with Crippen LogP contribution in [0.1, 0.15) is 26.2 Å². The summed E-state index contributed by atoms with van der Waals surface area (Å²) in [5, 5.41) is 0. The van der Waals surface area contributed by atoms with E-state index in [0.717, 1.165) is 23.6 Å². The van der Waals surface area contributed by atoms with E-state index in [4.69, 9.17) is 9.47 Å². The molecule has 4 heteroatoms. The first-order chi connectivity index (χ1) is 7.24. The van der Waals surface area contributed by atoms with Gasteiger partial charge in [0, 0.05) is 0 Å². The van der Waals surface area contributed by atoms with Gasteiger partial charge in [0.1, 0.15) is 0 Å². The van der Waals surface area contributed by atoms with Gasteiger partial charge in [-0.3, -0.25) is 0 Å². The Morgan fingerprint density at radius 1 is 1.40 bits per heavy atom. The zero-order valence-corrected chi connectivity index (χ0v) is 13.2. The SMILES string of the molecule is CC1CCC([I-]C2=CCC(I)OC2)CO1. The van der Waals surface area contributed by atoms with Crippen molar-refractivity contribution in [3.63, 3.8) is 0 Å². The van der Waals surface area contributed by atoms with Crippen molar-refractivity contribution in [2.24, 2.45) is 0 Å². The summed E-state index contributed by atoms with van der Waals surface area (Å²) in [7, 11) is 0. The van der Waals surface area contributed by atoms with Crippen LogP contribution in [0.25, 0.3) is 0 Å². The molecule has 2 heterocycles. The van der Waals surface area contributed by atoms with Gasteiger partial charge < -0.3 is 0 Å². The van der Waals surface area contributed by atoms with Gasteiger partial charge in [-0.05, 0) is 0 Å². The number of hydrogen-bond acceptors (Lipinski definition) is 2. The van der Waals surface area contributed by atoms with Crippen molar-refractivity contribution in [1.82, 2.24) is 0 Å². The molecule has 2 rings (SSSR count). The molecule has 0 aromatic carbocycles. The first-order valence-electron chi connectivity index (χ1n) is 5.43.